The van der Waals surface area contributed by atoms with Crippen LogP contribution in [0.25, 0.3) is 0 Å². The van der Waals surface area contributed by atoms with Gasteiger partial charge in [0.15, 0.2) is 0 Å². The topological polar surface area (TPSA) is 65.7 Å². The van der Waals surface area contributed by atoms with Crippen LogP contribution in [0, 0.1) is 10.8 Å². The lowest BCUT2D eigenvalue weighted by Gasteiger charge is -2.46. The first-order chi connectivity index (χ1) is 14.2. The third kappa shape index (κ3) is 2.94. The summed E-state index contributed by atoms with van der Waals surface area (Å²) in [4.78, 5) is 29.3. The van der Waals surface area contributed by atoms with Crippen molar-refractivity contribution < 1.29 is 9.21 Å². The number of rotatable bonds is 4. The van der Waals surface area contributed by atoms with Crippen LogP contribution in [0.3, 0.4) is 0 Å². The number of hydrogen-bond acceptors (Lipinski definition) is 6. The first kappa shape index (κ1) is 18.6. The van der Waals surface area contributed by atoms with Crippen molar-refractivity contribution in [3.63, 3.8) is 0 Å². The molecule has 7 nitrogen and oxygen atoms in total. The summed E-state index contributed by atoms with van der Waals surface area (Å²) in [6.07, 6.45) is 8.32. The molecule has 0 saturated carbocycles. The Balaban J connectivity index is 1.41. The number of fused-ring (bicyclic) bond motifs is 1. The normalized spacial score (nSPS) is 26.9. The van der Waals surface area contributed by atoms with Gasteiger partial charge in [-0.15, -0.1) is 0 Å². The number of carbonyl (C=O) groups is 1. The quantitative estimate of drug-likeness (QED) is 0.792. The SMILES string of the molecule is CCN1CC[C@@]2(CN(c3ncccn3)CC23CCN(Cc2ccco2)CC3)C1=O. The lowest BCUT2D eigenvalue weighted by Crippen LogP contribution is -2.52. The average Bonchev–Trinajstić information content (AvgIpc) is 3.46. The summed E-state index contributed by atoms with van der Waals surface area (Å²) in [7, 11) is 0. The second-order valence-electron chi connectivity index (χ2n) is 8.76. The van der Waals surface area contributed by atoms with Crippen LogP contribution in [0.2, 0.25) is 0 Å². The van der Waals surface area contributed by atoms with E-state index in [0.717, 1.165) is 76.8 Å². The summed E-state index contributed by atoms with van der Waals surface area (Å²) in [6, 6.07) is 5.83. The first-order valence-corrected chi connectivity index (χ1v) is 10.7. The van der Waals surface area contributed by atoms with Crippen molar-refractivity contribution >= 4 is 11.9 Å². The molecular weight excluding hydrogens is 366 g/mol. The van der Waals surface area contributed by atoms with E-state index in [1.54, 1.807) is 18.7 Å². The van der Waals surface area contributed by atoms with E-state index in [4.69, 9.17) is 4.42 Å². The average molecular weight is 396 g/mol. The van der Waals surface area contributed by atoms with Gasteiger partial charge in [0.05, 0.1) is 18.2 Å². The zero-order chi connectivity index (χ0) is 19.9. The highest BCUT2D eigenvalue weighted by atomic mass is 16.3. The Morgan fingerprint density at radius 2 is 1.86 bits per heavy atom. The minimum atomic E-state index is -0.307. The van der Waals surface area contributed by atoms with Gasteiger partial charge in [-0.05, 0) is 57.5 Å². The monoisotopic (exact) mass is 395 g/mol. The van der Waals surface area contributed by atoms with Crippen molar-refractivity contribution in [1.82, 2.24) is 19.8 Å². The maximum Gasteiger partial charge on any atom is 0.231 e. The van der Waals surface area contributed by atoms with Crippen LogP contribution in [-0.2, 0) is 11.3 Å². The summed E-state index contributed by atoms with van der Waals surface area (Å²) in [5, 5.41) is 0. The van der Waals surface area contributed by atoms with Gasteiger partial charge in [0.25, 0.3) is 0 Å². The highest BCUT2D eigenvalue weighted by Crippen LogP contribution is 2.58. The van der Waals surface area contributed by atoms with E-state index >= 15 is 0 Å². The summed E-state index contributed by atoms with van der Waals surface area (Å²) < 4.78 is 5.54. The van der Waals surface area contributed by atoms with Gasteiger partial charge >= 0.3 is 0 Å². The second-order valence-corrected chi connectivity index (χ2v) is 8.76. The van der Waals surface area contributed by atoms with Crippen molar-refractivity contribution in [2.24, 2.45) is 10.8 Å². The fourth-order valence-corrected chi connectivity index (χ4v) is 5.84. The predicted molar refractivity (Wildman–Crippen MR) is 109 cm³/mol. The Hall–Kier alpha value is -2.41. The molecule has 2 spiro atoms. The van der Waals surface area contributed by atoms with E-state index in [9.17, 15) is 4.79 Å². The van der Waals surface area contributed by atoms with E-state index in [1.165, 1.54) is 0 Å². The van der Waals surface area contributed by atoms with Crippen LogP contribution in [0.15, 0.2) is 41.3 Å². The molecule has 3 saturated heterocycles. The van der Waals surface area contributed by atoms with E-state index < -0.39 is 0 Å². The Morgan fingerprint density at radius 1 is 1.07 bits per heavy atom. The molecule has 154 valence electrons. The molecule has 1 atom stereocenters. The Kier molecular flexibility index (Phi) is 4.57. The molecule has 7 heteroatoms. The van der Waals surface area contributed by atoms with Gasteiger partial charge in [-0.3, -0.25) is 9.69 Å². The number of likely N-dealkylation sites (tertiary alicyclic amines) is 2. The number of amides is 1. The molecule has 5 rings (SSSR count). The number of furan rings is 1. The van der Waals surface area contributed by atoms with E-state index in [-0.39, 0.29) is 10.8 Å². The molecule has 0 aromatic carbocycles. The molecular formula is C22H29N5O2. The molecule has 0 radical (unpaired) electrons. The molecule has 0 aliphatic carbocycles. The molecule has 1 amide bonds. The number of anilines is 1. The largest absolute Gasteiger partial charge is 0.468 e. The summed E-state index contributed by atoms with van der Waals surface area (Å²) >= 11 is 0. The van der Waals surface area contributed by atoms with E-state index in [2.05, 4.69) is 26.7 Å². The van der Waals surface area contributed by atoms with Crippen LogP contribution in [0.4, 0.5) is 5.95 Å². The first-order valence-electron chi connectivity index (χ1n) is 10.7. The smallest absolute Gasteiger partial charge is 0.231 e. The fraction of sp³-hybridized carbons (Fsp3) is 0.591. The van der Waals surface area contributed by atoms with Crippen molar-refractivity contribution in [1.29, 1.82) is 0 Å². The number of piperidine rings is 1. The number of aromatic nitrogens is 2. The molecule has 2 aromatic rings. The van der Waals surface area contributed by atoms with E-state index in [0.29, 0.717) is 5.91 Å². The molecule has 2 aromatic heterocycles. The molecule has 0 N–H and O–H groups in total. The van der Waals surface area contributed by atoms with E-state index in [1.807, 2.05) is 23.1 Å². The van der Waals surface area contributed by atoms with Gasteiger partial charge in [-0.2, -0.15) is 0 Å². The Labute approximate surface area is 171 Å². The minimum absolute atomic E-state index is 0.00707. The third-order valence-corrected chi connectivity index (χ3v) is 7.46. The van der Waals surface area contributed by atoms with Gasteiger partial charge in [-0.25, -0.2) is 9.97 Å². The number of carbonyl (C=O) groups excluding carboxylic acids is 1. The molecule has 5 heterocycles. The lowest BCUT2D eigenvalue weighted by molar-refractivity contribution is -0.142. The second kappa shape index (κ2) is 7.13. The molecule has 29 heavy (non-hydrogen) atoms. The van der Waals surface area contributed by atoms with Gasteiger partial charge < -0.3 is 14.2 Å². The van der Waals surface area contributed by atoms with Crippen molar-refractivity contribution in [2.45, 2.75) is 32.7 Å². The Bertz CT molecular complexity index is 847. The standard InChI is InChI=1S/C22H29N5O2/c1-2-26-13-8-22(19(26)28)17-27(20-23-9-4-10-24-20)16-21(22)6-11-25(12-7-21)15-18-5-3-14-29-18/h3-5,9-10,14H,2,6-8,11-13,15-17H2,1H3/t22-/m1/s1. The zero-order valence-electron chi connectivity index (χ0n) is 17.1. The van der Waals surface area contributed by atoms with Gasteiger partial charge in [0.1, 0.15) is 5.76 Å². The highest BCUT2D eigenvalue weighted by molar-refractivity contribution is 5.87. The summed E-state index contributed by atoms with van der Waals surface area (Å²) in [5.41, 5.74) is -0.314. The summed E-state index contributed by atoms with van der Waals surface area (Å²) in [6.45, 7) is 8.19. The van der Waals surface area contributed by atoms with Crippen LogP contribution >= 0.6 is 0 Å². The third-order valence-electron chi connectivity index (χ3n) is 7.46. The van der Waals surface area contributed by atoms with Crippen molar-refractivity contribution in [2.75, 3.05) is 44.2 Å². The van der Waals surface area contributed by atoms with Crippen LogP contribution in [0.5, 0.6) is 0 Å². The predicted octanol–water partition coefficient (Wildman–Crippen LogP) is 2.41. The highest BCUT2D eigenvalue weighted by Gasteiger charge is 2.65. The minimum Gasteiger partial charge on any atom is -0.468 e. The van der Waals surface area contributed by atoms with Crippen LogP contribution in [-0.4, -0.2) is 64.9 Å². The van der Waals surface area contributed by atoms with Gasteiger partial charge in [-0.1, -0.05) is 0 Å². The lowest BCUT2D eigenvalue weighted by atomic mass is 9.60. The molecule has 0 bridgehead atoms. The van der Waals surface area contributed by atoms with Crippen molar-refractivity contribution in [3.05, 3.63) is 42.6 Å². The Morgan fingerprint density at radius 3 is 2.52 bits per heavy atom. The molecule has 3 aliphatic heterocycles. The maximum absolute atomic E-state index is 13.6. The molecule has 3 fully saturated rings. The maximum atomic E-state index is 13.6. The van der Waals surface area contributed by atoms with Crippen LogP contribution in [0.1, 0.15) is 31.9 Å². The molecule has 0 unspecified atom stereocenters. The van der Waals surface area contributed by atoms with Crippen LogP contribution < -0.4 is 4.90 Å². The summed E-state index contributed by atoms with van der Waals surface area (Å²) in [5.74, 6) is 2.11. The van der Waals surface area contributed by atoms with Gasteiger partial charge in [0, 0.05) is 44.0 Å². The number of hydrogen-bond donors (Lipinski definition) is 0. The zero-order valence-corrected chi connectivity index (χ0v) is 17.1. The van der Waals surface area contributed by atoms with Gasteiger partial charge in [0.2, 0.25) is 11.9 Å². The number of nitrogens with zero attached hydrogens (tertiary/aromatic N) is 5. The van der Waals surface area contributed by atoms with Crippen molar-refractivity contribution in [3.8, 4) is 0 Å². The fourth-order valence-electron chi connectivity index (χ4n) is 5.84. The molecule has 3 aliphatic rings.